The van der Waals surface area contributed by atoms with Gasteiger partial charge in [0.1, 0.15) is 13.2 Å². The average Bonchev–Trinajstić information content (AvgIpc) is 2.68. The van der Waals surface area contributed by atoms with Gasteiger partial charge in [0.05, 0.1) is 15.7 Å². The van der Waals surface area contributed by atoms with Crippen LogP contribution in [0.4, 0.5) is 10.1 Å². The first-order chi connectivity index (χ1) is 14.1. The molecule has 0 spiro atoms. The van der Waals surface area contributed by atoms with Crippen molar-refractivity contribution in [3.63, 3.8) is 0 Å². The lowest BCUT2D eigenvalue weighted by Crippen LogP contribution is -2.29. The number of halogens is 3. The highest BCUT2D eigenvalue weighted by molar-refractivity contribution is 6.37. The first-order valence-electron chi connectivity index (χ1n) is 8.83. The van der Waals surface area contributed by atoms with E-state index in [1.807, 2.05) is 0 Å². The van der Waals surface area contributed by atoms with E-state index in [0.717, 1.165) is 0 Å². The molecule has 0 radical (unpaired) electrons. The van der Waals surface area contributed by atoms with E-state index in [1.165, 1.54) is 18.2 Å². The average molecular weight is 457 g/mol. The molecule has 2 rings (SSSR count). The number of carboxylic acids is 1. The van der Waals surface area contributed by atoms with E-state index >= 15 is 0 Å². The van der Waals surface area contributed by atoms with Gasteiger partial charge in [0.25, 0.3) is 5.91 Å². The molecule has 0 aromatic heterocycles. The molecule has 3 N–H and O–H groups in total. The van der Waals surface area contributed by atoms with E-state index in [4.69, 9.17) is 33.0 Å². The standard InChI is InChI=1S/C20H19Cl2FN2O5/c1-3-16(26)25-15-5-10(2)4-12(18(15)23)9-30-19-13(21)6-11(7-14(19)22)20(29)24-8-17(27)28/h4-7H,3,8-9H2,1-2H3,(H,24,29)(H,25,26)(H,27,28). The lowest BCUT2D eigenvalue weighted by Gasteiger charge is -2.14. The van der Waals surface area contributed by atoms with E-state index in [0.29, 0.717) is 5.56 Å². The van der Waals surface area contributed by atoms with Gasteiger partial charge in [0.15, 0.2) is 11.6 Å². The second kappa shape index (κ2) is 10.3. The number of aryl methyl sites for hydroxylation is 1. The quantitative estimate of drug-likeness (QED) is 0.552. The van der Waals surface area contributed by atoms with Crippen LogP contribution in [-0.2, 0) is 16.2 Å². The van der Waals surface area contributed by atoms with Crippen molar-refractivity contribution in [2.45, 2.75) is 26.9 Å². The summed E-state index contributed by atoms with van der Waals surface area (Å²) in [7, 11) is 0. The number of benzene rings is 2. The van der Waals surface area contributed by atoms with E-state index in [-0.39, 0.29) is 51.5 Å². The highest BCUT2D eigenvalue weighted by Crippen LogP contribution is 2.35. The fourth-order valence-electron chi connectivity index (χ4n) is 2.52. The van der Waals surface area contributed by atoms with Crippen LogP contribution < -0.4 is 15.4 Å². The molecule has 0 saturated carbocycles. The molecule has 30 heavy (non-hydrogen) atoms. The first kappa shape index (κ1) is 23.4. The highest BCUT2D eigenvalue weighted by Gasteiger charge is 2.17. The largest absolute Gasteiger partial charge is 0.486 e. The third kappa shape index (κ3) is 6.08. The zero-order valence-electron chi connectivity index (χ0n) is 16.1. The van der Waals surface area contributed by atoms with Crippen LogP contribution in [0.25, 0.3) is 0 Å². The van der Waals surface area contributed by atoms with Crippen LogP contribution in [0.2, 0.25) is 10.0 Å². The molecule has 0 heterocycles. The summed E-state index contributed by atoms with van der Waals surface area (Å²) in [4.78, 5) is 34.1. The van der Waals surface area contributed by atoms with E-state index in [1.54, 1.807) is 19.9 Å². The summed E-state index contributed by atoms with van der Waals surface area (Å²) >= 11 is 12.3. The van der Waals surface area contributed by atoms with E-state index < -0.39 is 24.2 Å². The predicted octanol–water partition coefficient (Wildman–Crippen LogP) is 4.18. The number of carbonyl (C=O) groups excluding carboxylic acids is 2. The number of aliphatic carboxylic acids is 1. The van der Waals surface area contributed by atoms with Gasteiger partial charge in [0, 0.05) is 17.5 Å². The highest BCUT2D eigenvalue weighted by atomic mass is 35.5. The second-order valence-corrected chi connectivity index (χ2v) is 7.14. The summed E-state index contributed by atoms with van der Waals surface area (Å²) in [5.74, 6) is -2.80. The molecule has 10 heteroatoms. The van der Waals surface area contributed by atoms with Crippen molar-refractivity contribution in [2.24, 2.45) is 0 Å². The normalized spacial score (nSPS) is 10.4. The number of anilines is 1. The Morgan fingerprint density at radius 2 is 1.77 bits per heavy atom. The fourth-order valence-corrected chi connectivity index (χ4v) is 3.11. The third-order valence-electron chi connectivity index (χ3n) is 3.92. The predicted molar refractivity (Wildman–Crippen MR) is 111 cm³/mol. The minimum atomic E-state index is -1.20. The Hall–Kier alpha value is -2.84. The number of hydrogen-bond donors (Lipinski definition) is 3. The van der Waals surface area contributed by atoms with Crippen molar-refractivity contribution in [3.8, 4) is 5.75 Å². The van der Waals surface area contributed by atoms with Gasteiger partial charge in [-0.2, -0.15) is 0 Å². The SMILES string of the molecule is CCC(=O)Nc1cc(C)cc(COc2c(Cl)cc(C(=O)NCC(=O)O)cc2Cl)c1F. The molecular formula is C20H19Cl2FN2O5. The van der Waals surface area contributed by atoms with Gasteiger partial charge in [-0.1, -0.05) is 30.1 Å². The van der Waals surface area contributed by atoms with Crippen molar-refractivity contribution >= 4 is 46.7 Å². The van der Waals surface area contributed by atoms with Gasteiger partial charge >= 0.3 is 5.97 Å². The third-order valence-corrected chi connectivity index (χ3v) is 4.48. The van der Waals surface area contributed by atoms with Gasteiger partial charge in [-0.25, -0.2) is 4.39 Å². The maximum atomic E-state index is 14.7. The monoisotopic (exact) mass is 456 g/mol. The number of amides is 2. The van der Waals surface area contributed by atoms with Gasteiger partial charge in [-0.15, -0.1) is 0 Å². The van der Waals surface area contributed by atoms with Crippen LogP contribution in [0.3, 0.4) is 0 Å². The summed E-state index contributed by atoms with van der Waals surface area (Å²) < 4.78 is 20.3. The summed E-state index contributed by atoms with van der Waals surface area (Å²) in [6.07, 6.45) is 0.205. The topological polar surface area (TPSA) is 105 Å². The zero-order chi connectivity index (χ0) is 22.4. The molecule has 2 aromatic carbocycles. The summed E-state index contributed by atoms with van der Waals surface area (Å²) in [6.45, 7) is 2.61. The lowest BCUT2D eigenvalue weighted by atomic mass is 10.1. The molecular weight excluding hydrogens is 438 g/mol. The Kier molecular flexibility index (Phi) is 8.02. The van der Waals surface area contributed by atoms with Crippen molar-refractivity contribution < 1.29 is 28.6 Å². The van der Waals surface area contributed by atoms with Crippen LogP contribution >= 0.6 is 23.2 Å². The maximum absolute atomic E-state index is 14.7. The Morgan fingerprint density at radius 1 is 1.13 bits per heavy atom. The van der Waals surface area contributed by atoms with Crippen molar-refractivity contribution in [1.29, 1.82) is 0 Å². The smallest absolute Gasteiger partial charge is 0.322 e. The molecule has 2 aromatic rings. The molecule has 160 valence electrons. The fraction of sp³-hybridized carbons (Fsp3) is 0.250. The Balaban J connectivity index is 2.21. The molecule has 0 unspecified atom stereocenters. The number of carboxylic acid groups (broad SMARTS) is 1. The van der Waals surface area contributed by atoms with E-state index in [2.05, 4.69) is 10.6 Å². The van der Waals surface area contributed by atoms with Gasteiger partial charge < -0.3 is 20.5 Å². The van der Waals surface area contributed by atoms with Crippen molar-refractivity contribution in [2.75, 3.05) is 11.9 Å². The summed E-state index contributed by atoms with van der Waals surface area (Å²) in [6, 6.07) is 5.60. The summed E-state index contributed by atoms with van der Waals surface area (Å²) in [5.41, 5.74) is 0.980. The number of hydrogen-bond acceptors (Lipinski definition) is 4. The molecule has 2 amide bonds. The lowest BCUT2D eigenvalue weighted by molar-refractivity contribution is -0.135. The minimum Gasteiger partial charge on any atom is -0.486 e. The molecule has 0 aliphatic rings. The Morgan fingerprint density at radius 3 is 2.33 bits per heavy atom. The van der Waals surface area contributed by atoms with Crippen LogP contribution in [0.1, 0.15) is 34.8 Å². The molecule has 0 bridgehead atoms. The molecule has 0 aliphatic heterocycles. The van der Waals surface area contributed by atoms with Crippen LogP contribution in [-0.4, -0.2) is 29.4 Å². The maximum Gasteiger partial charge on any atom is 0.322 e. The second-order valence-electron chi connectivity index (χ2n) is 6.32. The zero-order valence-corrected chi connectivity index (χ0v) is 17.7. The van der Waals surface area contributed by atoms with Crippen molar-refractivity contribution in [3.05, 3.63) is 56.8 Å². The molecule has 0 atom stereocenters. The van der Waals surface area contributed by atoms with Crippen LogP contribution in [0.5, 0.6) is 5.75 Å². The number of nitrogens with one attached hydrogen (secondary N) is 2. The van der Waals surface area contributed by atoms with Crippen LogP contribution in [0.15, 0.2) is 24.3 Å². The van der Waals surface area contributed by atoms with Gasteiger partial charge in [-0.05, 0) is 36.8 Å². The van der Waals surface area contributed by atoms with Gasteiger partial charge in [0.2, 0.25) is 5.91 Å². The van der Waals surface area contributed by atoms with Crippen molar-refractivity contribution in [1.82, 2.24) is 5.32 Å². The van der Waals surface area contributed by atoms with Gasteiger partial charge in [-0.3, -0.25) is 14.4 Å². The number of carbonyl (C=O) groups is 3. The van der Waals surface area contributed by atoms with Crippen LogP contribution in [0, 0.1) is 12.7 Å². The number of ether oxygens (including phenoxy) is 1. The minimum absolute atomic E-state index is 0.00412. The summed E-state index contributed by atoms with van der Waals surface area (Å²) in [5, 5.41) is 13.3. The molecule has 0 fully saturated rings. The Labute approximate surface area is 182 Å². The molecule has 0 aliphatic carbocycles. The Bertz CT molecular complexity index is 974. The first-order valence-corrected chi connectivity index (χ1v) is 9.58. The number of rotatable bonds is 8. The molecule has 0 saturated heterocycles. The molecule has 7 nitrogen and oxygen atoms in total. The van der Waals surface area contributed by atoms with E-state index in [9.17, 15) is 18.8 Å².